The van der Waals surface area contributed by atoms with Crippen LogP contribution in [0.3, 0.4) is 0 Å². The van der Waals surface area contributed by atoms with Crippen LogP contribution in [0.4, 0.5) is 0 Å². The molecule has 3 atom stereocenters. The van der Waals surface area contributed by atoms with E-state index in [2.05, 4.69) is 12.1 Å². The van der Waals surface area contributed by atoms with E-state index in [1.807, 2.05) is 54.3 Å². The summed E-state index contributed by atoms with van der Waals surface area (Å²) >= 11 is 0. The number of aliphatic hydroxyl groups excluding tert-OH is 1. The maximum atomic E-state index is 12.9. The molecule has 2 aliphatic heterocycles. The molecule has 2 aromatic rings. The average molecular weight is 365 g/mol. The second-order valence-corrected chi connectivity index (χ2v) is 8.04. The minimum absolute atomic E-state index is 0.0338. The number of fused-ring (bicyclic) bond motifs is 2. The molecule has 142 valence electrons. The van der Waals surface area contributed by atoms with Gasteiger partial charge in [0.05, 0.1) is 6.61 Å². The van der Waals surface area contributed by atoms with Crippen LogP contribution < -0.4 is 4.74 Å². The van der Waals surface area contributed by atoms with Gasteiger partial charge in [-0.2, -0.15) is 0 Å². The van der Waals surface area contributed by atoms with Gasteiger partial charge in [-0.3, -0.25) is 4.79 Å². The summed E-state index contributed by atoms with van der Waals surface area (Å²) in [7, 11) is 0. The quantitative estimate of drug-likeness (QED) is 0.854. The number of aliphatic hydroxyl groups is 1. The lowest BCUT2D eigenvalue weighted by molar-refractivity contribution is -0.135. The van der Waals surface area contributed by atoms with Crippen LogP contribution in [0.1, 0.15) is 30.4 Å². The Morgan fingerprint density at radius 3 is 2.59 bits per heavy atom. The van der Waals surface area contributed by atoms with Crippen molar-refractivity contribution >= 4 is 5.91 Å². The fourth-order valence-corrected chi connectivity index (χ4v) is 4.94. The van der Waals surface area contributed by atoms with Crippen molar-refractivity contribution in [2.75, 3.05) is 13.2 Å². The SMILES string of the molecule is Cc1ccc(OCC(=O)N2[C@H]3CC[C@@H]2[C@@](CO)(Cc2ccccc2)C3)cc1. The largest absolute Gasteiger partial charge is 0.484 e. The summed E-state index contributed by atoms with van der Waals surface area (Å²) < 4.78 is 5.73. The lowest BCUT2D eigenvalue weighted by Gasteiger charge is -2.36. The van der Waals surface area contributed by atoms with Gasteiger partial charge in [-0.25, -0.2) is 0 Å². The van der Waals surface area contributed by atoms with Crippen molar-refractivity contribution in [1.82, 2.24) is 4.90 Å². The summed E-state index contributed by atoms with van der Waals surface area (Å²) in [4.78, 5) is 14.9. The first-order valence-electron chi connectivity index (χ1n) is 9.77. The van der Waals surface area contributed by atoms with Crippen molar-refractivity contribution < 1.29 is 14.6 Å². The summed E-state index contributed by atoms with van der Waals surface area (Å²) in [5.41, 5.74) is 2.16. The molecule has 4 heteroatoms. The normalized spacial score (nSPS) is 26.4. The van der Waals surface area contributed by atoms with Gasteiger partial charge in [0, 0.05) is 17.5 Å². The summed E-state index contributed by atoms with van der Waals surface area (Å²) in [6.07, 6.45) is 3.68. The highest BCUT2D eigenvalue weighted by molar-refractivity contribution is 5.79. The lowest BCUT2D eigenvalue weighted by Crippen LogP contribution is -2.45. The molecular formula is C23H27NO3. The number of hydrogen-bond acceptors (Lipinski definition) is 3. The van der Waals surface area contributed by atoms with Crippen LogP contribution in [0.25, 0.3) is 0 Å². The van der Waals surface area contributed by atoms with Crippen LogP contribution in [0.15, 0.2) is 54.6 Å². The van der Waals surface area contributed by atoms with Gasteiger partial charge in [-0.15, -0.1) is 0 Å². The zero-order valence-corrected chi connectivity index (χ0v) is 15.8. The molecule has 0 spiro atoms. The van der Waals surface area contributed by atoms with Crippen molar-refractivity contribution in [3.63, 3.8) is 0 Å². The van der Waals surface area contributed by atoms with Crippen LogP contribution in [-0.2, 0) is 11.2 Å². The molecular weight excluding hydrogens is 338 g/mol. The molecule has 1 N–H and O–H groups in total. The molecule has 2 aliphatic rings. The molecule has 0 unspecified atom stereocenters. The Kier molecular flexibility index (Phi) is 4.92. The maximum Gasteiger partial charge on any atom is 0.261 e. The molecule has 0 saturated carbocycles. The van der Waals surface area contributed by atoms with Crippen molar-refractivity contribution in [2.45, 2.75) is 44.7 Å². The molecule has 0 radical (unpaired) electrons. The van der Waals surface area contributed by atoms with E-state index in [-0.39, 0.29) is 36.6 Å². The van der Waals surface area contributed by atoms with E-state index in [1.54, 1.807) is 0 Å². The highest BCUT2D eigenvalue weighted by Crippen LogP contribution is 2.51. The number of ether oxygens (including phenoxy) is 1. The van der Waals surface area contributed by atoms with E-state index in [4.69, 9.17) is 4.74 Å². The second-order valence-electron chi connectivity index (χ2n) is 8.04. The predicted octanol–water partition coefficient (Wildman–Crippen LogP) is 3.36. The van der Waals surface area contributed by atoms with Crippen molar-refractivity contribution in [3.8, 4) is 5.75 Å². The molecule has 1 amide bonds. The standard InChI is InChI=1S/C23H27NO3/c1-17-7-10-20(11-8-17)27-15-22(26)24-19-9-12-21(24)23(14-19,16-25)13-18-5-3-2-4-6-18/h2-8,10-11,19,21,25H,9,12-16H2,1H3/t19-,21+,23-/m0/s1. The first-order valence-corrected chi connectivity index (χ1v) is 9.77. The molecule has 2 saturated heterocycles. The van der Waals surface area contributed by atoms with Gasteiger partial charge in [-0.1, -0.05) is 48.0 Å². The third kappa shape index (κ3) is 3.46. The topological polar surface area (TPSA) is 49.8 Å². The summed E-state index contributed by atoms with van der Waals surface area (Å²) in [6.45, 7) is 2.20. The van der Waals surface area contributed by atoms with Crippen LogP contribution in [-0.4, -0.2) is 41.2 Å². The van der Waals surface area contributed by atoms with Crippen LogP contribution in [0.2, 0.25) is 0 Å². The van der Waals surface area contributed by atoms with E-state index >= 15 is 0 Å². The van der Waals surface area contributed by atoms with Crippen LogP contribution >= 0.6 is 0 Å². The highest BCUT2D eigenvalue weighted by atomic mass is 16.5. The molecule has 2 fully saturated rings. The molecule has 2 aromatic carbocycles. The Labute approximate surface area is 160 Å². The molecule has 2 heterocycles. The highest BCUT2D eigenvalue weighted by Gasteiger charge is 2.56. The van der Waals surface area contributed by atoms with Gasteiger partial charge in [0.1, 0.15) is 5.75 Å². The zero-order chi connectivity index (χ0) is 18.9. The minimum Gasteiger partial charge on any atom is -0.484 e. The number of hydrogen-bond donors (Lipinski definition) is 1. The smallest absolute Gasteiger partial charge is 0.261 e. The van der Waals surface area contributed by atoms with Gasteiger partial charge in [-0.05, 0) is 50.3 Å². The lowest BCUT2D eigenvalue weighted by atomic mass is 9.70. The Hall–Kier alpha value is -2.33. The van der Waals surface area contributed by atoms with Gasteiger partial charge in [0.2, 0.25) is 0 Å². The number of carbonyl (C=O) groups excluding carboxylic acids is 1. The summed E-state index contributed by atoms with van der Waals surface area (Å²) in [5.74, 6) is 0.754. The molecule has 0 aromatic heterocycles. The zero-order valence-electron chi connectivity index (χ0n) is 15.8. The molecule has 2 bridgehead atoms. The van der Waals surface area contributed by atoms with Gasteiger partial charge >= 0.3 is 0 Å². The van der Waals surface area contributed by atoms with Gasteiger partial charge in [0.15, 0.2) is 6.61 Å². The van der Waals surface area contributed by atoms with Crippen LogP contribution in [0, 0.1) is 12.3 Å². The molecule has 4 rings (SSSR count). The minimum atomic E-state index is -0.232. The third-order valence-electron chi connectivity index (χ3n) is 6.24. The first-order chi connectivity index (χ1) is 13.1. The third-order valence-corrected chi connectivity index (χ3v) is 6.24. The molecule has 4 nitrogen and oxygen atoms in total. The predicted molar refractivity (Wildman–Crippen MR) is 105 cm³/mol. The summed E-state index contributed by atoms with van der Waals surface area (Å²) in [6, 6.07) is 18.4. The van der Waals surface area contributed by atoms with Crippen molar-refractivity contribution in [1.29, 1.82) is 0 Å². The maximum absolute atomic E-state index is 12.9. The van der Waals surface area contributed by atoms with Crippen molar-refractivity contribution in [2.24, 2.45) is 5.41 Å². The average Bonchev–Trinajstić information content (AvgIpc) is 3.24. The Balaban J connectivity index is 1.46. The molecule has 27 heavy (non-hydrogen) atoms. The fraction of sp³-hybridized carbons (Fsp3) is 0.435. The van der Waals surface area contributed by atoms with Crippen molar-refractivity contribution in [3.05, 3.63) is 65.7 Å². The Morgan fingerprint density at radius 1 is 1.15 bits per heavy atom. The number of rotatable bonds is 6. The number of nitrogens with zero attached hydrogens (tertiary/aromatic N) is 1. The number of amides is 1. The van der Waals surface area contributed by atoms with E-state index in [0.29, 0.717) is 0 Å². The second kappa shape index (κ2) is 7.35. The van der Waals surface area contributed by atoms with E-state index < -0.39 is 0 Å². The Bertz CT molecular complexity index is 789. The van der Waals surface area contributed by atoms with E-state index in [9.17, 15) is 9.90 Å². The number of carbonyl (C=O) groups is 1. The molecule has 0 aliphatic carbocycles. The Morgan fingerprint density at radius 2 is 1.89 bits per heavy atom. The van der Waals surface area contributed by atoms with Gasteiger partial charge < -0.3 is 14.7 Å². The first kappa shape index (κ1) is 18.1. The fourth-order valence-electron chi connectivity index (χ4n) is 4.94. The van der Waals surface area contributed by atoms with E-state index in [0.717, 1.165) is 31.4 Å². The monoisotopic (exact) mass is 365 g/mol. The summed E-state index contributed by atoms with van der Waals surface area (Å²) in [5, 5.41) is 10.3. The number of benzene rings is 2. The van der Waals surface area contributed by atoms with Crippen LogP contribution in [0.5, 0.6) is 5.75 Å². The van der Waals surface area contributed by atoms with E-state index in [1.165, 1.54) is 11.1 Å². The van der Waals surface area contributed by atoms with Gasteiger partial charge in [0.25, 0.3) is 5.91 Å². The number of aryl methyl sites for hydroxylation is 1.